The van der Waals surface area contributed by atoms with E-state index < -0.39 is 0 Å². The van der Waals surface area contributed by atoms with Gasteiger partial charge in [-0.2, -0.15) is 0 Å². The fourth-order valence-corrected chi connectivity index (χ4v) is 9.07. The Labute approximate surface area is 227 Å². The van der Waals surface area contributed by atoms with Gasteiger partial charge in [0.2, 0.25) is 5.91 Å². The van der Waals surface area contributed by atoms with Gasteiger partial charge in [0.1, 0.15) is 12.4 Å². The molecule has 1 N–H and O–H groups in total. The SMILES string of the molecule is CN1C(=O)CC[C@]2(C)[C@H]3CC[C@]4(C)C(NC(=O)c5ccc(OCc6ccccc6)cc5)CC[C@H]4[C@@H]3CC[C@@H]12. The van der Waals surface area contributed by atoms with Crippen LogP contribution in [0.15, 0.2) is 54.6 Å². The summed E-state index contributed by atoms with van der Waals surface area (Å²) in [5.74, 6) is 3.17. The largest absolute Gasteiger partial charge is 0.489 e. The molecule has 1 unspecified atom stereocenters. The van der Waals surface area contributed by atoms with Crippen LogP contribution in [0.5, 0.6) is 5.75 Å². The second-order valence-corrected chi connectivity index (χ2v) is 12.9. The van der Waals surface area contributed by atoms with E-state index in [-0.39, 0.29) is 22.8 Å². The Bertz CT molecular complexity index is 1180. The Morgan fingerprint density at radius 3 is 2.42 bits per heavy atom. The molecular weight excluding hydrogens is 472 g/mol. The number of carbonyl (C=O) groups excluding carboxylic acids is 2. The second-order valence-electron chi connectivity index (χ2n) is 12.9. The highest BCUT2D eigenvalue weighted by Crippen LogP contribution is 2.64. The highest BCUT2D eigenvalue weighted by molar-refractivity contribution is 5.94. The van der Waals surface area contributed by atoms with Gasteiger partial charge in [-0.3, -0.25) is 9.59 Å². The van der Waals surface area contributed by atoms with Gasteiger partial charge in [0.15, 0.2) is 0 Å². The minimum absolute atomic E-state index is 0.0247. The maximum Gasteiger partial charge on any atom is 0.251 e. The lowest BCUT2D eigenvalue weighted by Gasteiger charge is -2.61. The van der Waals surface area contributed by atoms with Crippen LogP contribution in [0.3, 0.4) is 0 Å². The van der Waals surface area contributed by atoms with Crippen LogP contribution in [-0.4, -0.2) is 35.8 Å². The van der Waals surface area contributed by atoms with Gasteiger partial charge in [0.25, 0.3) is 5.91 Å². The van der Waals surface area contributed by atoms with Crippen LogP contribution in [0.25, 0.3) is 0 Å². The molecule has 7 atom stereocenters. The van der Waals surface area contributed by atoms with Crippen LogP contribution in [0.1, 0.15) is 81.1 Å². The zero-order valence-electron chi connectivity index (χ0n) is 23.1. The van der Waals surface area contributed by atoms with E-state index in [1.165, 1.54) is 19.3 Å². The predicted molar refractivity (Wildman–Crippen MR) is 149 cm³/mol. The number of ether oxygens (including phenoxy) is 1. The molecule has 4 aliphatic rings. The maximum absolute atomic E-state index is 13.3. The van der Waals surface area contributed by atoms with E-state index in [0.29, 0.717) is 48.3 Å². The maximum atomic E-state index is 13.3. The molecule has 202 valence electrons. The van der Waals surface area contributed by atoms with Gasteiger partial charge in [-0.15, -0.1) is 0 Å². The summed E-state index contributed by atoms with van der Waals surface area (Å²) in [4.78, 5) is 27.8. The lowest BCUT2D eigenvalue weighted by Crippen LogP contribution is -2.62. The third-order valence-electron chi connectivity index (χ3n) is 11.2. The van der Waals surface area contributed by atoms with Crippen molar-refractivity contribution >= 4 is 11.8 Å². The summed E-state index contributed by atoms with van der Waals surface area (Å²) in [7, 11) is 2.03. The van der Waals surface area contributed by atoms with Gasteiger partial charge in [0.05, 0.1) is 0 Å². The van der Waals surface area contributed by atoms with E-state index in [4.69, 9.17) is 4.74 Å². The topological polar surface area (TPSA) is 58.6 Å². The van der Waals surface area contributed by atoms with Crippen molar-refractivity contribution in [1.82, 2.24) is 10.2 Å². The highest BCUT2D eigenvalue weighted by atomic mass is 16.5. The van der Waals surface area contributed by atoms with Crippen LogP contribution >= 0.6 is 0 Å². The Balaban J connectivity index is 1.10. The number of nitrogens with zero attached hydrogens (tertiary/aromatic N) is 1. The molecule has 0 spiro atoms. The molecule has 1 aliphatic heterocycles. The molecule has 4 fully saturated rings. The average molecular weight is 515 g/mol. The van der Waals surface area contributed by atoms with Gasteiger partial charge in [-0.05, 0) is 103 Å². The Hall–Kier alpha value is -2.82. The first kappa shape index (κ1) is 25.5. The molecule has 3 aliphatic carbocycles. The number of nitrogens with one attached hydrogen (secondary N) is 1. The first-order valence-electron chi connectivity index (χ1n) is 14.6. The van der Waals surface area contributed by atoms with Crippen molar-refractivity contribution in [2.45, 2.75) is 83.9 Å². The molecule has 0 aromatic heterocycles. The summed E-state index contributed by atoms with van der Waals surface area (Å²) in [6, 6.07) is 18.3. The lowest BCUT2D eigenvalue weighted by molar-refractivity contribution is -0.157. The normalized spacial score (nSPS) is 36.1. The van der Waals surface area contributed by atoms with E-state index in [9.17, 15) is 9.59 Å². The van der Waals surface area contributed by atoms with Crippen molar-refractivity contribution in [3.63, 3.8) is 0 Å². The average Bonchev–Trinajstić information content (AvgIpc) is 3.26. The monoisotopic (exact) mass is 514 g/mol. The molecule has 2 aromatic rings. The first-order chi connectivity index (χ1) is 18.3. The standard InChI is InChI=1S/C33H42N2O3/c1-32-19-17-27-25(13-16-29-33(27,2)20-18-30(36)35(29)3)26(32)14-15-28(32)34-31(37)23-9-11-24(12-10-23)38-21-22-7-5-4-6-8-22/h4-12,25-29H,13-21H2,1-3H3,(H,34,37)/t25-,26-,27-,28?,29+,32-,33+/m0/s1. The number of rotatable bonds is 5. The van der Waals surface area contributed by atoms with Crippen molar-refractivity contribution in [2.24, 2.45) is 28.6 Å². The molecular formula is C33H42N2O3. The Kier molecular flexibility index (Phi) is 6.52. The van der Waals surface area contributed by atoms with Crippen LogP contribution in [0.4, 0.5) is 0 Å². The van der Waals surface area contributed by atoms with Gasteiger partial charge >= 0.3 is 0 Å². The predicted octanol–water partition coefficient (Wildman–Crippen LogP) is 6.23. The number of piperidine rings is 1. The number of benzene rings is 2. The molecule has 0 radical (unpaired) electrons. The van der Waals surface area contributed by atoms with Crippen molar-refractivity contribution in [3.8, 4) is 5.75 Å². The molecule has 5 heteroatoms. The lowest BCUT2D eigenvalue weighted by atomic mass is 9.47. The zero-order chi connectivity index (χ0) is 26.5. The van der Waals surface area contributed by atoms with E-state index in [0.717, 1.165) is 37.0 Å². The smallest absolute Gasteiger partial charge is 0.251 e. The van der Waals surface area contributed by atoms with Crippen LogP contribution in [0, 0.1) is 28.6 Å². The summed E-state index contributed by atoms with van der Waals surface area (Å²) >= 11 is 0. The number of carbonyl (C=O) groups is 2. The van der Waals surface area contributed by atoms with Crippen molar-refractivity contribution in [3.05, 3.63) is 65.7 Å². The van der Waals surface area contributed by atoms with Gasteiger partial charge in [-0.25, -0.2) is 0 Å². The minimum Gasteiger partial charge on any atom is -0.489 e. The van der Waals surface area contributed by atoms with E-state index in [1.54, 1.807) is 0 Å². The molecule has 1 heterocycles. The highest BCUT2D eigenvalue weighted by Gasteiger charge is 2.61. The molecule has 0 bridgehead atoms. The van der Waals surface area contributed by atoms with E-state index >= 15 is 0 Å². The summed E-state index contributed by atoms with van der Waals surface area (Å²) in [6.07, 6.45) is 8.72. The van der Waals surface area contributed by atoms with Crippen LogP contribution < -0.4 is 10.1 Å². The van der Waals surface area contributed by atoms with Crippen LogP contribution in [0.2, 0.25) is 0 Å². The molecule has 3 saturated carbocycles. The fourth-order valence-electron chi connectivity index (χ4n) is 9.07. The first-order valence-corrected chi connectivity index (χ1v) is 14.6. The minimum atomic E-state index is 0.0247. The molecule has 6 rings (SSSR count). The van der Waals surface area contributed by atoms with Gasteiger partial charge in [-0.1, -0.05) is 44.2 Å². The summed E-state index contributed by atoms with van der Waals surface area (Å²) in [6.45, 7) is 5.43. The number of amides is 2. The Morgan fingerprint density at radius 2 is 1.66 bits per heavy atom. The number of likely N-dealkylation sites (tertiary alicyclic amines) is 1. The van der Waals surface area contributed by atoms with Crippen molar-refractivity contribution in [1.29, 1.82) is 0 Å². The summed E-state index contributed by atoms with van der Waals surface area (Å²) in [5.41, 5.74) is 2.20. The molecule has 5 nitrogen and oxygen atoms in total. The van der Waals surface area contributed by atoms with E-state index in [2.05, 4.69) is 24.1 Å². The number of hydrogen-bond acceptors (Lipinski definition) is 3. The summed E-state index contributed by atoms with van der Waals surface area (Å²) < 4.78 is 5.90. The van der Waals surface area contributed by atoms with Gasteiger partial charge < -0.3 is 15.0 Å². The molecule has 2 amide bonds. The van der Waals surface area contributed by atoms with Crippen LogP contribution in [-0.2, 0) is 11.4 Å². The molecule has 38 heavy (non-hydrogen) atoms. The van der Waals surface area contributed by atoms with Crippen molar-refractivity contribution in [2.75, 3.05) is 7.05 Å². The number of hydrogen-bond donors (Lipinski definition) is 1. The molecule has 1 saturated heterocycles. The second kappa shape index (κ2) is 9.73. The fraction of sp³-hybridized carbons (Fsp3) is 0.576. The third-order valence-corrected chi connectivity index (χ3v) is 11.2. The Morgan fingerprint density at radius 1 is 0.921 bits per heavy atom. The van der Waals surface area contributed by atoms with Gasteiger partial charge in [0, 0.05) is 31.1 Å². The number of fused-ring (bicyclic) bond motifs is 5. The quantitative estimate of drug-likeness (QED) is 0.515. The van der Waals surface area contributed by atoms with Crippen molar-refractivity contribution < 1.29 is 14.3 Å². The summed E-state index contributed by atoms with van der Waals surface area (Å²) in [5, 5.41) is 3.45. The zero-order valence-corrected chi connectivity index (χ0v) is 23.1. The third kappa shape index (κ3) is 4.23. The molecule has 2 aromatic carbocycles. The van der Waals surface area contributed by atoms with E-state index in [1.807, 2.05) is 61.6 Å².